The van der Waals surface area contributed by atoms with E-state index in [-0.39, 0.29) is 10.8 Å². The van der Waals surface area contributed by atoms with E-state index in [2.05, 4.69) is 5.32 Å². The van der Waals surface area contributed by atoms with Gasteiger partial charge in [-0.2, -0.15) is 8.87 Å². The summed E-state index contributed by atoms with van der Waals surface area (Å²) in [4.78, 5) is 12.7. The zero-order valence-electron chi connectivity index (χ0n) is 15.5. The quantitative estimate of drug-likeness (QED) is 0.785. The van der Waals surface area contributed by atoms with E-state index in [4.69, 9.17) is 4.74 Å². The summed E-state index contributed by atoms with van der Waals surface area (Å²) in [7, 11) is -3.60. The molecule has 0 saturated carbocycles. The first-order valence-electron chi connectivity index (χ1n) is 8.84. The molecule has 0 spiro atoms. The van der Waals surface area contributed by atoms with E-state index in [1.54, 1.807) is 29.7 Å². The SMILES string of the molecule is Cc1cc[n+]([C@H](C)C(=O)Nc2cccc(S(=O)(=O)N3CCOCC3)c2)cc1. The van der Waals surface area contributed by atoms with Crippen molar-refractivity contribution in [2.24, 2.45) is 0 Å². The summed E-state index contributed by atoms with van der Waals surface area (Å²) in [5.41, 5.74) is 1.56. The normalized spacial score (nSPS) is 16.7. The predicted octanol–water partition coefficient (Wildman–Crippen LogP) is 1.50. The fourth-order valence-electron chi connectivity index (χ4n) is 2.82. The van der Waals surface area contributed by atoms with Crippen molar-refractivity contribution in [2.75, 3.05) is 31.6 Å². The van der Waals surface area contributed by atoms with Crippen LogP contribution in [0.4, 0.5) is 5.69 Å². The molecule has 1 aromatic heterocycles. The van der Waals surface area contributed by atoms with Crippen LogP contribution < -0.4 is 9.88 Å². The van der Waals surface area contributed by atoms with Crippen LogP contribution in [0.1, 0.15) is 18.5 Å². The molecule has 1 amide bonds. The van der Waals surface area contributed by atoms with Gasteiger partial charge in [-0.15, -0.1) is 0 Å². The first-order chi connectivity index (χ1) is 12.9. The Morgan fingerprint density at radius 3 is 2.52 bits per heavy atom. The first-order valence-corrected chi connectivity index (χ1v) is 10.3. The second kappa shape index (κ2) is 8.16. The molecule has 1 aliphatic heterocycles. The minimum absolute atomic E-state index is 0.165. The average Bonchev–Trinajstić information content (AvgIpc) is 2.69. The van der Waals surface area contributed by atoms with Crippen LogP contribution in [-0.4, -0.2) is 44.9 Å². The number of nitrogens with one attached hydrogen (secondary N) is 1. The molecule has 144 valence electrons. The lowest BCUT2D eigenvalue weighted by atomic mass is 10.2. The van der Waals surface area contributed by atoms with E-state index in [1.165, 1.54) is 10.4 Å². The number of sulfonamides is 1. The van der Waals surface area contributed by atoms with Gasteiger partial charge in [-0.1, -0.05) is 6.07 Å². The van der Waals surface area contributed by atoms with Gasteiger partial charge in [0.2, 0.25) is 16.1 Å². The highest BCUT2D eigenvalue weighted by Gasteiger charge is 2.27. The largest absolute Gasteiger partial charge is 0.379 e. The standard InChI is InChI=1S/C19H23N3O4S/c1-15-6-8-21(9-7-15)16(2)19(23)20-17-4-3-5-18(14-17)27(24,25)22-10-12-26-13-11-22/h3-9,14,16H,10-13H2,1-2H3/p+1/t16-/m1/s1. The van der Waals surface area contributed by atoms with Crippen molar-refractivity contribution in [1.29, 1.82) is 0 Å². The highest BCUT2D eigenvalue weighted by Crippen LogP contribution is 2.21. The van der Waals surface area contributed by atoms with E-state index in [0.29, 0.717) is 32.0 Å². The minimum Gasteiger partial charge on any atom is -0.379 e. The monoisotopic (exact) mass is 390 g/mol. The highest BCUT2D eigenvalue weighted by atomic mass is 32.2. The average molecular weight is 390 g/mol. The van der Waals surface area contributed by atoms with Crippen molar-refractivity contribution in [2.45, 2.75) is 24.8 Å². The molecule has 1 fully saturated rings. The van der Waals surface area contributed by atoms with Gasteiger partial charge in [0.1, 0.15) is 0 Å². The summed E-state index contributed by atoms with van der Waals surface area (Å²) >= 11 is 0. The maximum absolute atomic E-state index is 12.8. The van der Waals surface area contributed by atoms with E-state index >= 15 is 0 Å². The number of anilines is 1. The van der Waals surface area contributed by atoms with Crippen molar-refractivity contribution in [3.05, 3.63) is 54.4 Å². The Morgan fingerprint density at radius 2 is 1.85 bits per heavy atom. The smallest absolute Gasteiger partial charge is 0.293 e. The lowest BCUT2D eigenvalue weighted by molar-refractivity contribution is -0.705. The molecule has 8 heteroatoms. The number of aromatic nitrogens is 1. The Kier molecular flexibility index (Phi) is 5.88. The number of pyridine rings is 1. The second-order valence-electron chi connectivity index (χ2n) is 6.53. The van der Waals surface area contributed by atoms with Gasteiger partial charge in [0.25, 0.3) is 5.91 Å². The third-order valence-corrected chi connectivity index (χ3v) is 6.45. The van der Waals surface area contributed by atoms with Crippen LogP contribution >= 0.6 is 0 Å². The van der Waals surface area contributed by atoms with Crippen LogP contribution in [0.3, 0.4) is 0 Å². The van der Waals surface area contributed by atoms with E-state index in [1.807, 2.05) is 31.5 Å². The lowest BCUT2D eigenvalue weighted by Crippen LogP contribution is -2.44. The molecule has 0 bridgehead atoms. The summed E-state index contributed by atoms with van der Waals surface area (Å²) in [5, 5.41) is 2.80. The Bertz CT molecular complexity index is 907. The molecule has 1 aromatic carbocycles. The molecule has 1 saturated heterocycles. The topological polar surface area (TPSA) is 79.6 Å². The second-order valence-corrected chi connectivity index (χ2v) is 8.47. The highest BCUT2D eigenvalue weighted by molar-refractivity contribution is 7.89. The molecule has 1 N–H and O–H groups in total. The number of rotatable bonds is 5. The van der Waals surface area contributed by atoms with Crippen molar-refractivity contribution >= 4 is 21.6 Å². The van der Waals surface area contributed by atoms with Crippen LogP contribution in [0, 0.1) is 6.92 Å². The number of hydrogen-bond donors (Lipinski definition) is 1. The van der Waals surface area contributed by atoms with Gasteiger partial charge < -0.3 is 10.1 Å². The molecule has 3 rings (SSSR count). The maximum atomic E-state index is 12.8. The number of carbonyl (C=O) groups is 1. The number of benzene rings is 1. The third kappa shape index (κ3) is 4.52. The third-order valence-electron chi connectivity index (χ3n) is 4.56. The van der Waals surface area contributed by atoms with Gasteiger partial charge in [0.05, 0.1) is 18.1 Å². The molecular formula is C19H24N3O4S+. The molecule has 0 unspecified atom stereocenters. The number of aryl methyl sites for hydroxylation is 1. The molecule has 27 heavy (non-hydrogen) atoms. The van der Waals surface area contributed by atoms with Crippen molar-refractivity contribution in [1.82, 2.24) is 4.31 Å². The van der Waals surface area contributed by atoms with Crippen molar-refractivity contribution < 1.29 is 22.5 Å². The molecule has 2 heterocycles. The molecular weight excluding hydrogens is 366 g/mol. The van der Waals surface area contributed by atoms with E-state index in [0.717, 1.165) is 5.56 Å². The molecule has 1 atom stereocenters. The maximum Gasteiger partial charge on any atom is 0.293 e. The van der Waals surface area contributed by atoms with E-state index in [9.17, 15) is 13.2 Å². The zero-order valence-corrected chi connectivity index (χ0v) is 16.3. The van der Waals surface area contributed by atoms with Crippen molar-refractivity contribution in [3.8, 4) is 0 Å². The minimum atomic E-state index is -3.60. The van der Waals surface area contributed by atoms with Crippen LogP contribution in [0.25, 0.3) is 0 Å². The summed E-state index contributed by atoms with van der Waals surface area (Å²) < 4.78 is 34.0. The molecule has 2 aromatic rings. The van der Waals surface area contributed by atoms with Gasteiger partial charge in [-0.25, -0.2) is 8.42 Å². The van der Waals surface area contributed by atoms with Crippen LogP contribution in [-0.2, 0) is 19.6 Å². The van der Waals surface area contributed by atoms with Gasteiger partial charge in [0.15, 0.2) is 12.4 Å². The van der Waals surface area contributed by atoms with Crippen molar-refractivity contribution in [3.63, 3.8) is 0 Å². The summed E-state index contributed by atoms with van der Waals surface area (Å²) in [5.74, 6) is -0.218. The van der Waals surface area contributed by atoms with Crippen LogP contribution in [0.15, 0.2) is 53.7 Å². The number of morpholine rings is 1. The van der Waals surface area contributed by atoms with Gasteiger partial charge in [-0.3, -0.25) is 4.79 Å². The number of amides is 1. The molecule has 0 radical (unpaired) electrons. The van der Waals surface area contributed by atoms with Gasteiger partial charge in [-0.05, 0) is 30.7 Å². The van der Waals surface area contributed by atoms with Gasteiger partial charge >= 0.3 is 0 Å². The number of hydrogen-bond acceptors (Lipinski definition) is 4. The lowest BCUT2D eigenvalue weighted by Gasteiger charge is -2.26. The Labute approximate surface area is 159 Å². The molecule has 1 aliphatic rings. The number of nitrogens with zero attached hydrogens (tertiary/aromatic N) is 2. The number of carbonyl (C=O) groups excluding carboxylic acids is 1. The van der Waals surface area contributed by atoms with Gasteiger partial charge in [0, 0.05) is 37.8 Å². The zero-order chi connectivity index (χ0) is 19.4. The number of ether oxygens (including phenoxy) is 1. The summed E-state index contributed by atoms with van der Waals surface area (Å²) in [6.45, 7) is 5.22. The summed E-state index contributed by atoms with van der Waals surface area (Å²) in [6, 6.07) is 9.78. The molecule has 0 aliphatic carbocycles. The fraction of sp³-hybridized carbons (Fsp3) is 0.368. The van der Waals surface area contributed by atoms with Crippen LogP contribution in [0.2, 0.25) is 0 Å². The Balaban J connectivity index is 1.75. The predicted molar refractivity (Wildman–Crippen MR) is 101 cm³/mol. The Hall–Kier alpha value is -2.29. The fourth-order valence-corrected chi connectivity index (χ4v) is 4.28. The Morgan fingerprint density at radius 1 is 1.19 bits per heavy atom. The molecule has 7 nitrogen and oxygen atoms in total. The van der Waals surface area contributed by atoms with E-state index < -0.39 is 16.1 Å². The summed E-state index contributed by atoms with van der Waals surface area (Å²) in [6.07, 6.45) is 3.69. The first kappa shape index (κ1) is 19.5. The van der Waals surface area contributed by atoms with Crippen LogP contribution in [0.5, 0.6) is 0 Å².